The number of nitrogens with two attached hydrogens (primary N) is 1. The van der Waals surface area contributed by atoms with Crippen molar-refractivity contribution in [2.45, 2.75) is 23.6 Å². The van der Waals surface area contributed by atoms with E-state index in [2.05, 4.69) is 15.8 Å². The number of hydrogen-bond donors (Lipinski definition) is 2. The molecule has 1 amide bonds. The first-order chi connectivity index (χ1) is 16.5. The fourth-order valence-electron chi connectivity index (χ4n) is 3.89. The zero-order valence-electron chi connectivity index (χ0n) is 19.1. The van der Waals surface area contributed by atoms with Crippen LogP contribution in [0.25, 0.3) is 4.85 Å². The van der Waals surface area contributed by atoms with Crippen molar-refractivity contribution < 1.29 is 14.6 Å². The second-order valence-electron chi connectivity index (χ2n) is 7.67. The number of benzene rings is 1. The van der Waals surface area contributed by atoms with Crippen molar-refractivity contribution in [3.05, 3.63) is 52.9 Å². The van der Waals surface area contributed by atoms with Crippen LogP contribution in [-0.4, -0.2) is 66.8 Å². The van der Waals surface area contributed by atoms with Gasteiger partial charge in [-0.05, 0) is 25.5 Å². The van der Waals surface area contributed by atoms with Gasteiger partial charge in [-0.2, -0.15) is 5.26 Å². The molecule has 2 heterocycles. The maximum absolute atomic E-state index is 12.3. The Morgan fingerprint density at radius 3 is 2.74 bits per heavy atom. The maximum Gasteiger partial charge on any atom is 0.270 e. The van der Waals surface area contributed by atoms with Crippen molar-refractivity contribution in [1.82, 2.24) is 9.88 Å². The predicted octanol–water partition coefficient (Wildman–Crippen LogP) is 2.73. The lowest BCUT2D eigenvalue weighted by Gasteiger charge is -2.26. The molecular formula is C24H28N6O3S. The molecule has 1 aromatic carbocycles. The number of carbonyl (C=O) groups is 1. The molecule has 0 spiro atoms. The van der Waals surface area contributed by atoms with E-state index in [0.717, 1.165) is 24.7 Å². The number of carbonyl (C=O) groups excluding carboxylic acids is 1. The summed E-state index contributed by atoms with van der Waals surface area (Å²) < 4.78 is 5.78. The van der Waals surface area contributed by atoms with Gasteiger partial charge in [0.1, 0.15) is 27.7 Å². The fraction of sp³-hybridized carbons (Fsp3) is 0.417. The molecule has 3 rings (SSSR count). The number of aliphatic hydroxyl groups excluding tert-OH is 1. The highest BCUT2D eigenvalue weighted by atomic mass is 32.2. The number of aromatic nitrogens is 1. The topological polar surface area (TPSA) is 120 Å². The van der Waals surface area contributed by atoms with Crippen LogP contribution in [0.15, 0.2) is 35.4 Å². The van der Waals surface area contributed by atoms with Gasteiger partial charge in [0, 0.05) is 26.2 Å². The molecule has 1 fully saturated rings. The van der Waals surface area contributed by atoms with Gasteiger partial charge < -0.3 is 20.5 Å². The van der Waals surface area contributed by atoms with Crippen molar-refractivity contribution in [3.8, 4) is 11.8 Å². The number of nitrogens with zero attached hydrogens (tertiary/aromatic N) is 5. The lowest BCUT2D eigenvalue weighted by Crippen LogP contribution is -2.33. The molecule has 0 aliphatic carbocycles. The van der Waals surface area contributed by atoms with E-state index in [1.54, 1.807) is 19.1 Å². The van der Waals surface area contributed by atoms with Crippen LogP contribution in [0.2, 0.25) is 0 Å². The van der Waals surface area contributed by atoms with E-state index in [-0.39, 0.29) is 30.2 Å². The van der Waals surface area contributed by atoms with Crippen LogP contribution in [-0.2, 0) is 4.79 Å². The number of amides is 1. The molecule has 9 nitrogen and oxygen atoms in total. The number of anilines is 1. The minimum atomic E-state index is -0.758. The standard InChI is InChI=1S/C24H28N6O3S/c1-3-33-20-18(16-25)24(34-21(22(26)32)17-8-5-4-6-9-17)28-23(19(20)27-2)30-11-7-10-29(12-13-30)14-15-31/h4-6,8-9,21,31H,3,7,10-15H2,1H3,(H2,26,32). The summed E-state index contributed by atoms with van der Waals surface area (Å²) in [5, 5.41) is 18.8. The zero-order valence-corrected chi connectivity index (χ0v) is 19.9. The Kier molecular flexibility index (Phi) is 9.11. The average molecular weight is 481 g/mol. The van der Waals surface area contributed by atoms with Crippen molar-refractivity contribution in [2.24, 2.45) is 5.73 Å². The van der Waals surface area contributed by atoms with Crippen LogP contribution in [0.5, 0.6) is 5.75 Å². The molecule has 1 unspecified atom stereocenters. The maximum atomic E-state index is 12.3. The number of β-amino-alcohol motifs (C(OH)–C–C–N with tert-alkyl or cyclic N) is 1. The minimum Gasteiger partial charge on any atom is -0.503 e. The third-order valence-electron chi connectivity index (χ3n) is 5.48. The molecule has 1 aliphatic heterocycles. The van der Waals surface area contributed by atoms with Crippen LogP contribution < -0.4 is 15.4 Å². The van der Waals surface area contributed by atoms with Gasteiger partial charge in [0.15, 0.2) is 5.75 Å². The first kappa shape index (κ1) is 25.3. The summed E-state index contributed by atoms with van der Waals surface area (Å²) in [5.74, 6) is 0.0624. The van der Waals surface area contributed by atoms with Gasteiger partial charge in [-0.3, -0.25) is 9.69 Å². The Bertz CT molecular complexity index is 1080. The first-order valence-electron chi connectivity index (χ1n) is 11.1. The number of ether oxygens (including phenoxy) is 1. The number of hydrogen-bond acceptors (Lipinski definition) is 8. The Balaban J connectivity index is 2.09. The first-order valence-corrected chi connectivity index (χ1v) is 12.0. The molecule has 1 saturated heterocycles. The van der Waals surface area contributed by atoms with Gasteiger partial charge in [0.2, 0.25) is 5.91 Å². The van der Waals surface area contributed by atoms with Crippen LogP contribution in [0.4, 0.5) is 11.5 Å². The van der Waals surface area contributed by atoms with E-state index >= 15 is 0 Å². The lowest BCUT2D eigenvalue weighted by molar-refractivity contribution is -0.117. The van der Waals surface area contributed by atoms with Crippen LogP contribution in [0.1, 0.15) is 29.7 Å². The summed E-state index contributed by atoms with van der Waals surface area (Å²) in [5.41, 5.74) is 6.74. The average Bonchev–Trinajstić information content (AvgIpc) is 3.08. The minimum absolute atomic E-state index is 0.0890. The molecule has 1 aliphatic rings. The molecular weight excluding hydrogens is 452 g/mol. The summed E-state index contributed by atoms with van der Waals surface area (Å²) in [6.07, 6.45) is 0.833. The fourth-order valence-corrected chi connectivity index (χ4v) is 4.92. The second-order valence-corrected chi connectivity index (χ2v) is 8.76. The largest absolute Gasteiger partial charge is 0.503 e. The zero-order chi connectivity index (χ0) is 24.5. The SMILES string of the molecule is [C-]#[N+]c1c(N2CCCN(CCO)CC2)nc(SC(C(N)=O)c2ccccc2)c(C#N)c1OCC. The molecule has 2 aromatic rings. The molecule has 0 bridgehead atoms. The second kappa shape index (κ2) is 12.2. The number of thioether (sulfide) groups is 1. The van der Waals surface area contributed by atoms with Crippen molar-refractivity contribution in [1.29, 1.82) is 5.26 Å². The number of aliphatic hydroxyl groups is 1. The van der Waals surface area contributed by atoms with Gasteiger partial charge in [0.05, 0.1) is 19.8 Å². The monoisotopic (exact) mass is 480 g/mol. The van der Waals surface area contributed by atoms with Crippen LogP contribution in [0, 0.1) is 17.9 Å². The Morgan fingerprint density at radius 1 is 1.35 bits per heavy atom. The molecule has 1 aromatic heterocycles. The van der Waals surface area contributed by atoms with Crippen LogP contribution in [0.3, 0.4) is 0 Å². The smallest absolute Gasteiger partial charge is 0.270 e. The number of pyridine rings is 1. The van der Waals surface area contributed by atoms with Gasteiger partial charge >= 0.3 is 0 Å². The quantitative estimate of drug-likeness (QED) is 0.415. The van der Waals surface area contributed by atoms with Gasteiger partial charge in [0.25, 0.3) is 5.69 Å². The number of primary amides is 1. The van der Waals surface area contributed by atoms with Gasteiger partial charge in [-0.15, -0.1) is 0 Å². The Labute approximate surface area is 203 Å². The highest BCUT2D eigenvalue weighted by Gasteiger charge is 2.29. The van der Waals surface area contributed by atoms with E-state index < -0.39 is 11.2 Å². The summed E-state index contributed by atoms with van der Waals surface area (Å²) in [6, 6.07) is 11.2. The van der Waals surface area contributed by atoms with E-state index in [1.165, 1.54) is 0 Å². The van der Waals surface area contributed by atoms with Crippen molar-refractivity contribution >= 4 is 29.2 Å². The molecule has 1 atom stereocenters. The molecule has 34 heavy (non-hydrogen) atoms. The Morgan fingerprint density at radius 2 is 2.12 bits per heavy atom. The van der Waals surface area contributed by atoms with Gasteiger partial charge in [-0.25, -0.2) is 9.83 Å². The summed E-state index contributed by atoms with van der Waals surface area (Å²) in [6.45, 7) is 13.4. The number of nitriles is 1. The third kappa shape index (κ3) is 5.78. The number of rotatable bonds is 9. The predicted molar refractivity (Wildman–Crippen MR) is 131 cm³/mol. The summed E-state index contributed by atoms with van der Waals surface area (Å²) in [7, 11) is 0. The molecule has 178 valence electrons. The van der Waals surface area contributed by atoms with Crippen molar-refractivity contribution in [2.75, 3.05) is 50.8 Å². The Hall–Kier alpha value is -3.31. The molecule has 0 radical (unpaired) electrons. The highest BCUT2D eigenvalue weighted by molar-refractivity contribution is 8.00. The van der Waals surface area contributed by atoms with E-state index in [9.17, 15) is 15.2 Å². The molecule has 10 heteroatoms. The lowest BCUT2D eigenvalue weighted by atomic mass is 10.1. The highest BCUT2D eigenvalue weighted by Crippen LogP contribution is 2.46. The van der Waals surface area contributed by atoms with E-state index in [4.69, 9.17) is 22.0 Å². The third-order valence-corrected chi connectivity index (χ3v) is 6.74. The van der Waals surface area contributed by atoms with Gasteiger partial charge in [-0.1, -0.05) is 42.1 Å². The molecule has 3 N–H and O–H groups in total. The van der Waals surface area contributed by atoms with Crippen LogP contribution >= 0.6 is 11.8 Å². The van der Waals surface area contributed by atoms with Crippen molar-refractivity contribution in [3.63, 3.8) is 0 Å². The van der Waals surface area contributed by atoms with E-state index in [0.29, 0.717) is 42.6 Å². The summed E-state index contributed by atoms with van der Waals surface area (Å²) in [4.78, 5) is 24.9. The van der Waals surface area contributed by atoms with E-state index in [1.807, 2.05) is 23.1 Å². The molecule has 0 saturated carbocycles. The summed E-state index contributed by atoms with van der Waals surface area (Å²) >= 11 is 1.09. The normalized spacial score (nSPS) is 15.1.